The highest BCUT2D eigenvalue weighted by atomic mass is 32.2. The van der Waals surface area contributed by atoms with Gasteiger partial charge < -0.3 is 4.74 Å². The molecule has 0 aliphatic heterocycles. The molecule has 1 saturated carbocycles. The summed E-state index contributed by atoms with van der Waals surface area (Å²) in [4.78, 5) is 16.1. The maximum Gasteiger partial charge on any atom is 0.306 e. The largest absolute Gasteiger partial charge is 0.469 e. The molecule has 4 heteroatoms. The van der Waals surface area contributed by atoms with Gasteiger partial charge >= 0.3 is 5.97 Å². The van der Waals surface area contributed by atoms with Gasteiger partial charge in [0.2, 0.25) is 0 Å². The van der Waals surface area contributed by atoms with Crippen molar-refractivity contribution in [2.24, 2.45) is 5.41 Å². The number of ether oxygens (including phenoxy) is 1. The van der Waals surface area contributed by atoms with E-state index in [0.29, 0.717) is 6.42 Å². The van der Waals surface area contributed by atoms with Gasteiger partial charge in [0.1, 0.15) is 0 Å². The number of pyridine rings is 1. The van der Waals surface area contributed by atoms with Gasteiger partial charge in [0, 0.05) is 11.1 Å². The van der Waals surface area contributed by atoms with Gasteiger partial charge in [-0.05, 0) is 36.1 Å². The van der Waals surface area contributed by atoms with Crippen LogP contribution in [-0.2, 0) is 15.3 Å². The number of benzene rings is 1. The Morgan fingerprint density at radius 3 is 2.86 bits per heavy atom. The summed E-state index contributed by atoms with van der Waals surface area (Å²) in [5.41, 5.74) is 2.34. The molecular weight excluding hydrogens is 282 g/mol. The lowest BCUT2D eigenvalue weighted by Gasteiger charge is -2.12. The third kappa shape index (κ3) is 3.56. The highest BCUT2D eigenvalue weighted by molar-refractivity contribution is 7.98. The zero-order chi connectivity index (χ0) is 14.7. The molecule has 0 saturated heterocycles. The number of para-hydroxylation sites is 1. The topological polar surface area (TPSA) is 39.2 Å². The van der Waals surface area contributed by atoms with Gasteiger partial charge in [0.15, 0.2) is 0 Å². The van der Waals surface area contributed by atoms with Crippen molar-refractivity contribution in [3.63, 3.8) is 0 Å². The minimum absolute atomic E-state index is 0.0862. The standard InChI is InChI=1S/C17H19NO2S/c1-20-16(19)10-17(8-9-17)12-21-11-14-7-6-13-4-2-3-5-15(13)18-14/h2-7H,8-12H2,1H3. The number of thioether (sulfide) groups is 1. The second-order valence-corrected chi connectivity index (χ2v) is 6.73. The number of nitrogens with zero attached hydrogens (tertiary/aromatic N) is 1. The molecule has 21 heavy (non-hydrogen) atoms. The lowest BCUT2D eigenvalue weighted by atomic mass is 10.1. The number of fused-ring (bicyclic) bond motifs is 1. The molecule has 3 rings (SSSR count). The molecule has 110 valence electrons. The molecule has 1 aromatic carbocycles. The molecule has 1 aliphatic carbocycles. The average molecular weight is 301 g/mol. The monoisotopic (exact) mass is 301 g/mol. The van der Waals surface area contributed by atoms with Crippen LogP contribution < -0.4 is 0 Å². The van der Waals surface area contributed by atoms with Crippen LogP contribution in [0.2, 0.25) is 0 Å². The number of aromatic nitrogens is 1. The predicted octanol–water partition coefficient (Wildman–Crippen LogP) is 3.81. The van der Waals surface area contributed by atoms with Crippen LogP contribution in [0.5, 0.6) is 0 Å². The minimum atomic E-state index is -0.0862. The second kappa shape index (κ2) is 6.06. The lowest BCUT2D eigenvalue weighted by molar-refractivity contribution is -0.141. The van der Waals surface area contributed by atoms with Gasteiger partial charge in [-0.2, -0.15) is 11.8 Å². The molecule has 0 amide bonds. The lowest BCUT2D eigenvalue weighted by Crippen LogP contribution is -2.13. The number of carbonyl (C=O) groups is 1. The highest BCUT2D eigenvalue weighted by Gasteiger charge is 2.44. The first-order valence-electron chi connectivity index (χ1n) is 7.20. The Hall–Kier alpha value is -1.55. The summed E-state index contributed by atoms with van der Waals surface area (Å²) in [5.74, 6) is 1.82. The van der Waals surface area contributed by atoms with Gasteiger partial charge in [0.05, 0.1) is 24.7 Å². The van der Waals surface area contributed by atoms with Crippen molar-refractivity contribution in [3.05, 3.63) is 42.1 Å². The Kier molecular flexibility index (Phi) is 4.15. The maximum absolute atomic E-state index is 11.4. The number of hydrogen-bond donors (Lipinski definition) is 0. The van der Waals surface area contributed by atoms with E-state index in [0.717, 1.165) is 35.6 Å². The zero-order valence-electron chi connectivity index (χ0n) is 12.2. The molecule has 1 aromatic heterocycles. The van der Waals surface area contributed by atoms with Crippen LogP contribution in [0.1, 0.15) is 25.0 Å². The molecule has 0 radical (unpaired) electrons. The van der Waals surface area contributed by atoms with Crippen molar-refractivity contribution in [2.45, 2.75) is 25.0 Å². The molecule has 1 heterocycles. The van der Waals surface area contributed by atoms with Gasteiger partial charge in [0.25, 0.3) is 0 Å². The number of hydrogen-bond acceptors (Lipinski definition) is 4. The SMILES string of the molecule is COC(=O)CC1(CSCc2ccc3ccccc3n2)CC1. The number of esters is 1. The van der Waals surface area contributed by atoms with Crippen LogP contribution in [0.4, 0.5) is 0 Å². The molecule has 0 unspecified atom stereocenters. The van der Waals surface area contributed by atoms with Crippen LogP contribution in [0.3, 0.4) is 0 Å². The normalized spacial score (nSPS) is 15.9. The quantitative estimate of drug-likeness (QED) is 0.761. The van der Waals surface area contributed by atoms with Crippen molar-refractivity contribution in [3.8, 4) is 0 Å². The summed E-state index contributed by atoms with van der Waals surface area (Å²) < 4.78 is 4.78. The van der Waals surface area contributed by atoms with E-state index >= 15 is 0 Å². The number of rotatable bonds is 6. The molecular formula is C17H19NO2S. The van der Waals surface area contributed by atoms with Crippen molar-refractivity contribution >= 4 is 28.6 Å². The summed E-state index contributed by atoms with van der Waals surface area (Å²) >= 11 is 1.87. The predicted molar refractivity (Wildman–Crippen MR) is 86.2 cm³/mol. The summed E-state index contributed by atoms with van der Waals surface area (Å²) in [6.07, 6.45) is 2.84. The Morgan fingerprint density at radius 1 is 1.29 bits per heavy atom. The Labute approximate surface area is 129 Å². The molecule has 1 fully saturated rings. The molecule has 0 atom stereocenters. The minimum Gasteiger partial charge on any atom is -0.469 e. The fraction of sp³-hybridized carbons (Fsp3) is 0.412. The van der Waals surface area contributed by atoms with E-state index in [-0.39, 0.29) is 11.4 Å². The van der Waals surface area contributed by atoms with Crippen LogP contribution in [0, 0.1) is 5.41 Å². The molecule has 0 bridgehead atoms. The first-order chi connectivity index (χ1) is 10.2. The Morgan fingerprint density at radius 2 is 2.10 bits per heavy atom. The van der Waals surface area contributed by atoms with Crippen molar-refractivity contribution in [2.75, 3.05) is 12.9 Å². The Bertz CT molecular complexity index is 652. The third-order valence-corrected chi connectivity index (χ3v) is 5.33. The summed E-state index contributed by atoms with van der Waals surface area (Å²) in [6.45, 7) is 0. The van der Waals surface area contributed by atoms with Crippen LogP contribution in [0.15, 0.2) is 36.4 Å². The van der Waals surface area contributed by atoms with Gasteiger partial charge in [-0.1, -0.05) is 24.3 Å². The fourth-order valence-corrected chi connectivity index (χ4v) is 3.78. The third-order valence-electron chi connectivity index (χ3n) is 4.02. The zero-order valence-corrected chi connectivity index (χ0v) is 13.0. The molecule has 1 aliphatic rings. The number of methoxy groups -OCH3 is 1. The average Bonchev–Trinajstić information content (AvgIpc) is 3.26. The van der Waals surface area contributed by atoms with Crippen LogP contribution >= 0.6 is 11.8 Å². The molecule has 0 spiro atoms. The smallest absolute Gasteiger partial charge is 0.306 e. The van der Waals surface area contributed by atoms with Crippen LogP contribution in [0.25, 0.3) is 10.9 Å². The second-order valence-electron chi connectivity index (χ2n) is 5.74. The van der Waals surface area contributed by atoms with E-state index in [9.17, 15) is 4.79 Å². The maximum atomic E-state index is 11.4. The summed E-state index contributed by atoms with van der Waals surface area (Å²) in [6, 6.07) is 12.4. The summed E-state index contributed by atoms with van der Waals surface area (Å²) in [5, 5.41) is 1.18. The van der Waals surface area contributed by atoms with E-state index in [2.05, 4.69) is 23.2 Å². The van der Waals surface area contributed by atoms with Crippen molar-refractivity contribution in [1.29, 1.82) is 0 Å². The van der Waals surface area contributed by atoms with E-state index < -0.39 is 0 Å². The van der Waals surface area contributed by atoms with Gasteiger partial charge in [-0.25, -0.2) is 0 Å². The molecule has 2 aromatic rings. The Balaban J connectivity index is 1.56. The van der Waals surface area contributed by atoms with E-state index in [1.165, 1.54) is 12.5 Å². The highest BCUT2D eigenvalue weighted by Crippen LogP contribution is 2.51. The van der Waals surface area contributed by atoms with Crippen molar-refractivity contribution < 1.29 is 9.53 Å². The van der Waals surface area contributed by atoms with E-state index in [1.807, 2.05) is 30.0 Å². The van der Waals surface area contributed by atoms with E-state index in [4.69, 9.17) is 4.74 Å². The van der Waals surface area contributed by atoms with E-state index in [1.54, 1.807) is 0 Å². The first-order valence-corrected chi connectivity index (χ1v) is 8.36. The summed E-state index contributed by atoms with van der Waals surface area (Å²) in [7, 11) is 1.46. The number of carbonyl (C=O) groups excluding carboxylic acids is 1. The van der Waals surface area contributed by atoms with Gasteiger partial charge in [-0.15, -0.1) is 0 Å². The van der Waals surface area contributed by atoms with Gasteiger partial charge in [-0.3, -0.25) is 9.78 Å². The molecule has 0 N–H and O–H groups in total. The van der Waals surface area contributed by atoms with Crippen LogP contribution in [-0.4, -0.2) is 23.8 Å². The molecule has 3 nitrogen and oxygen atoms in total. The first kappa shape index (κ1) is 14.4. The fourth-order valence-electron chi connectivity index (χ4n) is 2.49. The van der Waals surface area contributed by atoms with Crippen molar-refractivity contribution in [1.82, 2.24) is 4.98 Å².